The van der Waals surface area contributed by atoms with Crippen LogP contribution in [0, 0.1) is 0 Å². The zero-order chi connectivity index (χ0) is 14.8. The van der Waals surface area contributed by atoms with Crippen LogP contribution in [0.3, 0.4) is 0 Å². The summed E-state index contributed by atoms with van der Waals surface area (Å²) < 4.78 is 25.4. The quantitative estimate of drug-likeness (QED) is 0.789. The van der Waals surface area contributed by atoms with Crippen LogP contribution in [0.5, 0.6) is 0 Å². The highest BCUT2D eigenvalue weighted by molar-refractivity contribution is 9.10. The third-order valence-electron chi connectivity index (χ3n) is 2.86. The van der Waals surface area contributed by atoms with E-state index in [1.807, 2.05) is 0 Å². The number of Topliss-reactive ketones (excluding diaryl/α,β-unsaturated/α-hetero) is 1. The minimum Gasteiger partial charge on any atom is -0.295 e. The Bertz CT molecular complexity index is 734. The van der Waals surface area contributed by atoms with Crippen LogP contribution >= 0.6 is 15.9 Å². The van der Waals surface area contributed by atoms with E-state index in [1.54, 1.807) is 48.5 Å². The Labute approximate surface area is 126 Å². The molecule has 20 heavy (non-hydrogen) atoms. The van der Waals surface area contributed by atoms with E-state index in [2.05, 4.69) is 15.9 Å². The number of ketones is 1. The predicted octanol–water partition coefficient (Wildman–Crippen LogP) is 3.63. The van der Waals surface area contributed by atoms with E-state index in [9.17, 15) is 13.2 Å². The lowest BCUT2D eigenvalue weighted by Crippen LogP contribution is -2.05. The smallest absolute Gasteiger partial charge is 0.182 e. The molecule has 0 heterocycles. The van der Waals surface area contributed by atoms with Crippen molar-refractivity contribution in [2.45, 2.75) is 17.6 Å². The van der Waals surface area contributed by atoms with Crippen molar-refractivity contribution in [3.05, 3.63) is 64.1 Å². The summed E-state index contributed by atoms with van der Waals surface area (Å²) in [6, 6.07) is 13.2. The fourth-order valence-electron chi connectivity index (χ4n) is 1.82. The van der Waals surface area contributed by atoms with E-state index in [0.29, 0.717) is 11.1 Å². The number of halogens is 1. The van der Waals surface area contributed by atoms with Gasteiger partial charge in [0, 0.05) is 10.0 Å². The van der Waals surface area contributed by atoms with Crippen molar-refractivity contribution in [1.82, 2.24) is 0 Å². The Morgan fingerprint density at radius 3 is 2.35 bits per heavy atom. The van der Waals surface area contributed by atoms with Crippen molar-refractivity contribution < 1.29 is 13.2 Å². The number of benzene rings is 2. The molecule has 3 nitrogen and oxygen atoms in total. The Morgan fingerprint density at radius 1 is 1.10 bits per heavy atom. The molecule has 104 valence electrons. The molecule has 0 aliphatic heterocycles. The number of carbonyl (C=O) groups excluding carboxylic acids is 1. The van der Waals surface area contributed by atoms with Gasteiger partial charge in [0.1, 0.15) is 0 Å². The zero-order valence-corrected chi connectivity index (χ0v) is 13.2. The first-order chi connectivity index (χ1) is 9.38. The first-order valence-corrected chi connectivity index (χ1v) is 8.41. The maximum Gasteiger partial charge on any atom is 0.182 e. The van der Waals surface area contributed by atoms with Gasteiger partial charge in [-0.15, -0.1) is 0 Å². The summed E-state index contributed by atoms with van der Waals surface area (Å²) in [5, 5.41) is 0. The standard InChI is InChI=1S/C15H13BrO3S/c1-11(17)13-4-2-3-12(9-13)10-20(18,19)15-7-5-14(16)6-8-15/h2-9H,10H2,1H3. The minimum atomic E-state index is -3.40. The molecule has 0 atom stereocenters. The number of carbonyl (C=O) groups is 1. The van der Waals surface area contributed by atoms with Gasteiger partial charge in [-0.1, -0.05) is 34.1 Å². The molecular weight excluding hydrogens is 340 g/mol. The summed E-state index contributed by atoms with van der Waals surface area (Å²) in [5.74, 6) is -0.191. The second kappa shape index (κ2) is 5.89. The highest BCUT2D eigenvalue weighted by Crippen LogP contribution is 2.19. The van der Waals surface area contributed by atoms with Crippen LogP contribution in [0.1, 0.15) is 22.8 Å². The summed E-state index contributed by atoms with van der Waals surface area (Å²) in [4.78, 5) is 11.6. The zero-order valence-electron chi connectivity index (χ0n) is 10.8. The third-order valence-corrected chi connectivity index (χ3v) is 5.10. The third kappa shape index (κ3) is 3.55. The fraction of sp³-hybridized carbons (Fsp3) is 0.133. The van der Waals surface area contributed by atoms with Crippen LogP contribution in [-0.2, 0) is 15.6 Å². The Morgan fingerprint density at radius 2 is 1.75 bits per heavy atom. The first-order valence-electron chi connectivity index (χ1n) is 5.97. The molecule has 2 aromatic rings. The van der Waals surface area contributed by atoms with Crippen LogP contribution in [0.4, 0.5) is 0 Å². The van der Waals surface area contributed by atoms with Gasteiger partial charge in [-0.2, -0.15) is 0 Å². The molecule has 0 aromatic heterocycles. The molecule has 0 spiro atoms. The Hall–Kier alpha value is -1.46. The summed E-state index contributed by atoms with van der Waals surface area (Å²) in [6.45, 7) is 1.46. The molecule has 0 amide bonds. The maximum absolute atomic E-state index is 12.3. The highest BCUT2D eigenvalue weighted by atomic mass is 79.9. The van der Waals surface area contributed by atoms with Gasteiger partial charge in [0.25, 0.3) is 0 Å². The van der Waals surface area contributed by atoms with Crippen molar-refractivity contribution in [2.24, 2.45) is 0 Å². The van der Waals surface area contributed by atoms with E-state index in [-0.39, 0.29) is 16.4 Å². The predicted molar refractivity (Wildman–Crippen MR) is 81.5 cm³/mol. The first kappa shape index (κ1) is 14.9. The van der Waals surface area contributed by atoms with Crippen LogP contribution in [0.25, 0.3) is 0 Å². The lowest BCUT2D eigenvalue weighted by molar-refractivity contribution is 0.101. The molecule has 0 saturated heterocycles. The molecule has 0 N–H and O–H groups in total. The number of sulfone groups is 1. The van der Waals surface area contributed by atoms with E-state index < -0.39 is 9.84 Å². The van der Waals surface area contributed by atoms with Gasteiger partial charge in [0.2, 0.25) is 0 Å². The van der Waals surface area contributed by atoms with Gasteiger partial charge in [-0.05, 0) is 42.8 Å². The van der Waals surface area contributed by atoms with Crippen molar-refractivity contribution in [2.75, 3.05) is 0 Å². The molecule has 0 saturated carbocycles. The summed E-state index contributed by atoms with van der Waals surface area (Å²) >= 11 is 3.27. The minimum absolute atomic E-state index is 0.0760. The molecule has 2 aromatic carbocycles. The lowest BCUT2D eigenvalue weighted by Gasteiger charge is -2.06. The molecule has 0 aliphatic carbocycles. The number of rotatable bonds is 4. The Balaban J connectivity index is 2.31. The molecule has 2 rings (SSSR count). The number of hydrogen-bond acceptors (Lipinski definition) is 3. The van der Waals surface area contributed by atoms with E-state index >= 15 is 0 Å². The second-order valence-corrected chi connectivity index (χ2v) is 7.37. The van der Waals surface area contributed by atoms with Gasteiger partial charge in [-0.3, -0.25) is 4.79 Å². The van der Waals surface area contributed by atoms with E-state index in [0.717, 1.165) is 4.47 Å². The summed E-state index contributed by atoms with van der Waals surface area (Å²) in [5.41, 5.74) is 1.13. The average molecular weight is 353 g/mol. The second-order valence-electron chi connectivity index (χ2n) is 4.47. The SMILES string of the molecule is CC(=O)c1cccc(CS(=O)(=O)c2ccc(Br)cc2)c1. The Kier molecular flexibility index (Phi) is 4.40. The van der Waals surface area contributed by atoms with E-state index in [4.69, 9.17) is 0 Å². The van der Waals surface area contributed by atoms with Crippen LogP contribution < -0.4 is 0 Å². The molecule has 0 radical (unpaired) electrons. The highest BCUT2D eigenvalue weighted by Gasteiger charge is 2.15. The van der Waals surface area contributed by atoms with Crippen LogP contribution in [0.15, 0.2) is 57.9 Å². The topological polar surface area (TPSA) is 51.2 Å². The fourth-order valence-corrected chi connectivity index (χ4v) is 3.42. The van der Waals surface area contributed by atoms with Gasteiger partial charge < -0.3 is 0 Å². The van der Waals surface area contributed by atoms with Gasteiger partial charge >= 0.3 is 0 Å². The van der Waals surface area contributed by atoms with Crippen LogP contribution in [0.2, 0.25) is 0 Å². The van der Waals surface area contributed by atoms with E-state index in [1.165, 1.54) is 6.92 Å². The molecule has 5 heteroatoms. The average Bonchev–Trinajstić information content (AvgIpc) is 2.39. The number of hydrogen-bond donors (Lipinski definition) is 0. The normalized spacial score (nSPS) is 11.3. The van der Waals surface area contributed by atoms with Crippen molar-refractivity contribution in [3.63, 3.8) is 0 Å². The van der Waals surface area contributed by atoms with Gasteiger partial charge in [0.15, 0.2) is 15.6 Å². The maximum atomic E-state index is 12.3. The van der Waals surface area contributed by atoms with Crippen molar-refractivity contribution >= 4 is 31.6 Å². The van der Waals surface area contributed by atoms with Gasteiger partial charge in [-0.25, -0.2) is 8.42 Å². The molecule has 0 unspecified atom stereocenters. The largest absolute Gasteiger partial charge is 0.295 e. The van der Waals surface area contributed by atoms with Crippen molar-refractivity contribution in [1.29, 1.82) is 0 Å². The summed E-state index contributed by atoms with van der Waals surface area (Å²) in [6.07, 6.45) is 0. The van der Waals surface area contributed by atoms with Crippen LogP contribution in [-0.4, -0.2) is 14.2 Å². The van der Waals surface area contributed by atoms with Crippen molar-refractivity contribution in [3.8, 4) is 0 Å². The van der Waals surface area contributed by atoms with Gasteiger partial charge in [0.05, 0.1) is 10.6 Å². The molecular formula is C15H13BrO3S. The monoisotopic (exact) mass is 352 g/mol. The molecule has 0 bridgehead atoms. The summed E-state index contributed by atoms with van der Waals surface area (Å²) in [7, 11) is -3.40. The molecule has 0 aliphatic rings. The lowest BCUT2D eigenvalue weighted by atomic mass is 10.1. The molecule has 0 fully saturated rings.